The summed E-state index contributed by atoms with van der Waals surface area (Å²) in [7, 11) is 0. The van der Waals surface area contributed by atoms with E-state index in [0.717, 1.165) is 13.0 Å². The molecule has 1 N–H and O–H groups in total. The van der Waals surface area contributed by atoms with Gasteiger partial charge in [0.15, 0.2) is 0 Å². The molecule has 2 unspecified atom stereocenters. The van der Waals surface area contributed by atoms with Crippen molar-refractivity contribution < 1.29 is 14.7 Å². The molecule has 29 heavy (non-hydrogen) atoms. The Kier molecular flexibility index (Phi) is 6.70. The van der Waals surface area contributed by atoms with Crippen molar-refractivity contribution in [3.63, 3.8) is 0 Å². The van der Waals surface area contributed by atoms with Gasteiger partial charge >= 0.3 is 5.97 Å². The molecule has 3 rings (SSSR count). The summed E-state index contributed by atoms with van der Waals surface area (Å²) in [6, 6.07) is 19.6. The van der Waals surface area contributed by atoms with Crippen LogP contribution in [0.1, 0.15) is 38.7 Å². The number of anilines is 1. The number of likely N-dealkylation sites (tertiary alicyclic amines) is 1. The van der Waals surface area contributed by atoms with E-state index >= 15 is 0 Å². The van der Waals surface area contributed by atoms with E-state index in [4.69, 9.17) is 0 Å². The quantitative estimate of drug-likeness (QED) is 0.772. The van der Waals surface area contributed by atoms with Crippen LogP contribution in [-0.4, -0.2) is 46.6 Å². The van der Waals surface area contributed by atoms with Gasteiger partial charge in [0.05, 0.1) is 0 Å². The number of hydrogen-bond donors (Lipinski definition) is 1. The number of nitrogens with zero attached hydrogens (tertiary/aromatic N) is 2. The van der Waals surface area contributed by atoms with Crippen molar-refractivity contribution >= 4 is 17.6 Å². The van der Waals surface area contributed by atoms with Crippen LogP contribution in [0.3, 0.4) is 0 Å². The molecule has 2 aromatic carbocycles. The largest absolute Gasteiger partial charge is 0.479 e. The van der Waals surface area contributed by atoms with E-state index in [2.05, 4.69) is 24.0 Å². The van der Waals surface area contributed by atoms with E-state index in [1.54, 1.807) is 11.8 Å². The van der Waals surface area contributed by atoms with Crippen molar-refractivity contribution in [1.82, 2.24) is 4.90 Å². The van der Waals surface area contributed by atoms with Crippen molar-refractivity contribution in [3.05, 3.63) is 66.2 Å². The van der Waals surface area contributed by atoms with E-state index in [0.29, 0.717) is 25.1 Å². The Morgan fingerprint density at radius 3 is 2.28 bits per heavy atom. The summed E-state index contributed by atoms with van der Waals surface area (Å²) in [4.78, 5) is 29.3. The molecule has 0 aliphatic carbocycles. The normalized spacial score (nSPS) is 22.2. The van der Waals surface area contributed by atoms with Gasteiger partial charge in [-0.25, -0.2) is 4.79 Å². The second kappa shape index (κ2) is 9.23. The topological polar surface area (TPSA) is 60.9 Å². The van der Waals surface area contributed by atoms with Crippen LogP contribution in [0.15, 0.2) is 60.7 Å². The lowest BCUT2D eigenvalue weighted by Gasteiger charge is -2.48. The molecular formula is C24H30N2O3. The molecule has 0 saturated carbocycles. The molecule has 0 bridgehead atoms. The molecule has 0 aromatic heterocycles. The van der Waals surface area contributed by atoms with Gasteiger partial charge in [-0.2, -0.15) is 0 Å². The van der Waals surface area contributed by atoms with Gasteiger partial charge in [-0.05, 0) is 43.9 Å². The summed E-state index contributed by atoms with van der Waals surface area (Å²) < 4.78 is 0. The lowest BCUT2D eigenvalue weighted by molar-refractivity contribution is -0.148. The van der Waals surface area contributed by atoms with Crippen molar-refractivity contribution in [2.75, 3.05) is 18.0 Å². The lowest BCUT2D eigenvalue weighted by atomic mass is 9.81. The second-order valence-electron chi connectivity index (χ2n) is 7.83. The fourth-order valence-electron chi connectivity index (χ4n) is 4.38. The Labute approximate surface area is 172 Å². The molecule has 1 heterocycles. The molecule has 1 saturated heterocycles. The van der Waals surface area contributed by atoms with Gasteiger partial charge in [0.25, 0.3) is 0 Å². The first kappa shape index (κ1) is 21.1. The zero-order valence-corrected chi connectivity index (χ0v) is 17.3. The van der Waals surface area contributed by atoms with Gasteiger partial charge < -0.3 is 10.0 Å². The zero-order chi connectivity index (χ0) is 20.9. The third kappa shape index (κ3) is 4.51. The Morgan fingerprint density at radius 1 is 1.10 bits per heavy atom. The van der Waals surface area contributed by atoms with Crippen LogP contribution in [0.5, 0.6) is 0 Å². The highest BCUT2D eigenvalue weighted by atomic mass is 16.4. The van der Waals surface area contributed by atoms with Crippen LogP contribution in [0.25, 0.3) is 0 Å². The number of carbonyl (C=O) groups excluding carboxylic acids is 1. The minimum Gasteiger partial charge on any atom is -0.479 e. The predicted octanol–water partition coefficient (Wildman–Crippen LogP) is 3.98. The van der Waals surface area contributed by atoms with Crippen LogP contribution >= 0.6 is 0 Å². The molecule has 1 fully saturated rings. The van der Waals surface area contributed by atoms with Crippen molar-refractivity contribution in [1.29, 1.82) is 0 Å². The second-order valence-corrected chi connectivity index (χ2v) is 7.83. The SMILES string of the molecule is CCC(=O)N(c1ccccc1)C1(C(=O)O)CCN(CCc2ccccc2)C(C)C1. The maximum Gasteiger partial charge on any atom is 0.330 e. The summed E-state index contributed by atoms with van der Waals surface area (Å²) in [5.74, 6) is -1.07. The number of piperidine rings is 1. The number of aliphatic carboxylic acids is 1. The minimum absolute atomic E-state index is 0.0689. The number of carbonyl (C=O) groups is 2. The van der Waals surface area contributed by atoms with Gasteiger partial charge in [-0.3, -0.25) is 9.69 Å². The summed E-state index contributed by atoms with van der Waals surface area (Å²) >= 11 is 0. The molecule has 154 valence electrons. The maximum atomic E-state index is 12.9. The van der Waals surface area contributed by atoms with Gasteiger partial charge in [-0.15, -0.1) is 0 Å². The molecule has 2 atom stereocenters. The third-order valence-electron chi connectivity index (χ3n) is 5.99. The van der Waals surface area contributed by atoms with Crippen LogP contribution in [0.4, 0.5) is 5.69 Å². The molecule has 0 spiro atoms. The number of rotatable bonds is 7. The number of carboxylic acids is 1. The van der Waals surface area contributed by atoms with Crippen molar-refractivity contribution in [2.45, 2.75) is 51.1 Å². The van der Waals surface area contributed by atoms with Crippen LogP contribution in [0, 0.1) is 0 Å². The lowest BCUT2D eigenvalue weighted by Crippen LogP contribution is -2.64. The third-order valence-corrected chi connectivity index (χ3v) is 5.99. The van der Waals surface area contributed by atoms with E-state index in [-0.39, 0.29) is 18.4 Å². The monoisotopic (exact) mass is 394 g/mol. The Hall–Kier alpha value is -2.66. The van der Waals surface area contributed by atoms with Crippen LogP contribution < -0.4 is 4.90 Å². The first-order valence-electron chi connectivity index (χ1n) is 10.4. The van der Waals surface area contributed by atoms with Gasteiger partial charge in [0.1, 0.15) is 5.54 Å². The predicted molar refractivity (Wildman–Crippen MR) is 115 cm³/mol. The molecule has 5 nitrogen and oxygen atoms in total. The van der Waals surface area contributed by atoms with E-state index in [1.807, 2.05) is 48.5 Å². The van der Waals surface area contributed by atoms with E-state index in [9.17, 15) is 14.7 Å². The standard InChI is InChI=1S/C24H30N2O3/c1-3-22(27)26(21-12-8-5-9-13-21)24(23(28)29)15-17-25(19(2)18-24)16-14-20-10-6-4-7-11-20/h4-13,19H,3,14-18H2,1-2H3,(H,28,29). The summed E-state index contributed by atoms with van der Waals surface area (Å²) in [5.41, 5.74) is 0.727. The average molecular weight is 395 g/mol. The number of benzene rings is 2. The number of para-hydroxylation sites is 1. The highest BCUT2D eigenvalue weighted by Crippen LogP contribution is 2.37. The van der Waals surface area contributed by atoms with E-state index < -0.39 is 11.5 Å². The summed E-state index contributed by atoms with van der Waals surface area (Å²) in [6.07, 6.45) is 2.04. The fourth-order valence-corrected chi connectivity index (χ4v) is 4.38. The Bertz CT molecular complexity index is 825. The molecule has 1 amide bonds. The number of carboxylic acid groups (broad SMARTS) is 1. The highest BCUT2D eigenvalue weighted by molar-refractivity contribution is 6.01. The highest BCUT2D eigenvalue weighted by Gasteiger charge is 2.50. The fraction of sp³-hybridized carbons (Fsp3) is 0.417. The number of hydrogen-bond acceptors (Lipinski definition) is 3. The van der Waals surface area contributed by atoms with E-state index in [1.165, 1.54) is 5.56 Å². The number of amides is 1. The molecular weight excluding hydrogens is 364 g/mol. The first-order valence-corrected chi connectivity index (χ1v) is 10.4. The van der Waals surface area contributed by atoms with Gasteiger partial charge in [0.2, 0.25) is 5.91 Å². The molecule has 1 aliphatic heterocycles. The summed E-state index contributed by atoms with van der Waals surface area (Å²) in [6.45, 7) is 5.39. The zero-order valence-electron chi connectivity index (χ0n) is 17.3. The van der Waals surface area contributed by atoms with Crippen LogP contribution in [0.2, 0.25) is 0 Å². The Morgan fingerprint density at radius 2 is 1.72 bits per heavy atom. The van der Waals surface area contributed by atoms with Gasteiger partial charge in [-0.1, -0.05) is 55.5 Å². The smallest absolute Gasteiger partial charge is 0.330 e. The van der Waals surface area contributed by atoms with Gasteiger partial charge in [0, 0.05) is 31.2 Å². The summed E-state index contributed by atoms with van der Waals surface area (Å²) in [5, 5.41) is 10.3. The van der Waals surface area contributed by atoms with Crippen LogP contribution in [-0.2, 0) is 16.0 Å². The molecule has 2 aromatic rings. The molecule has 5 heteroatoms. The van der Waals surface area contributed by atoms with Crippen molar-refractivity contribution in [3.8, 4) is 0 Å². The molecule has 1 aliphatic rings. The van der Waals surface area contributed by atoms with Crippen molar-refractivity contribution in [2.24, 2.45) is 0 Å². The minimum atomic E-state index is -1.21. The Balaban J connectivity index is 1.82. The average Bonchev–Trinajstić information content (AvgIpc) is 2.74. The first-order chi connectivity index (χ1) is 14.0. The maximum absolute atomic E-state index is 12.9. The molecule has 0 radical (unpaired) electrons.